The molecule has 0 aliphatic heterocycles. The van der Waals surface area contributed by atoms with Gasteiger partial charge in [-0.15, -0.1) is 11.3 Å². The molecule has 1 aromatic carbocycles. The fourth-order valence-corrected chi connectivity index (χ4v) is 2.88. The molecule has 3 N–H and O–H groups in total. The second-order valence-electron chi connectivity index (χ2n) is 3.69. The van der Waals surface area contributed by atoms with E-state index < -0.39 is 0 Å². The van der Waals surface area contributed by atoms with Crippen LogP contribution in [0, 0.1) is 5.82 Å². The minimum Gasteiger partial charge on any atom is -0.396 e. The maximum Gasteiger partial charge on any atom is 0.146 e. The lowest BCUT2D eigenvalue weighted by atomic mass is 10.2. The summed E-state index contributed by atoms with van der Waals surface area (Å²) in [6.45, 7) is 1.41. The summed E-state index contributed by atoms with van der Waals surface area (Å²) < 4.78 is 14.3. The molecule has 0 saturated carbocycles. The first-order valence-corrected chi connectivity index (χ1v) is 6.80. The topological polar surface area (TPSA) is 38.0 Å². The summed E-state index contributed by atoms with van der Waals surface area (Å²) in [4.78, 5) is 1.24. The minimum absolute atomic E-state index is 0.191. The molecule has 0 unspecified atom stereocenters. The van der Waals surface area contributed by atoms with Crippen molar-refractivity contribution in [2.45, 2.75) is 13.1 Å². The number of halogens is 2. The summed E-state index contributed by atoms with van der Waals surface area (Å²) in [5, 5.41) is 5.30. The van der Waals surface area contributed by atoms with Crippen molar-refractivity contribution in [1.29, 1.82) is 0 Å². The Morgan fingerprint density at radius 2 is 2.12 bits per heavy atom. The van der Waals surface area contributed by atoms with Gasteiger partial charge in [0.05, 0.1) is 5.69 Å². The molecule has 0 saturated heterocycles. The van der Waals surface area contributed by atoms with Gasteiger partial charge in [0.15, 0.2) is 0 Å². The first kappa shape index (κ1) is 12.5. The molecule has 0 spiro atoms. The number of benzene rings is 1. The van der Waals surface area contributed by atoms with Crippen molar-refractivity contribution < 1.29 is 4.39 Å². The fraction of sp³-hybridized carbons (Fsp3) is 0.167. The van der Waals surface area contributed by atoms with Crippen molar-refractivity contribution >= 4 is 33.0 Å². The Balaban J connectivity index is 1.87. The molecule has 5 heteroatoms. The lowest BCUT2D eigenvalue weighted by Gasteiger charge is -2.04. The van der Waals surface area contributed by atoms with Gasteiger partial charge in [-0.05, 0) is 39.7 Å². The average Bonchev–Trinajstić information content (AvgIpc) is 2.70. The van der Waals surface area contributed by atoms with Crippen molar-refractivity contribution in [3.63, 3.8) is 0 Å². The van der Waals surface area contributed by atoms with Crippen LogP contribution in [0.4, 0.5) is 10.1 Å². The molecule has 0 fully saturated rings. The van der Waals surface area contributed by atoms with E-state index >= 15 is 0 Å². The number of rotatable bonds is 4. The largest absolute Gasteiger partial charge is 0.396 e. The number of hydrogen-bond acceptors (Lipinski definition) is 3. The zero-order chi connectivity index (χ0) is 12.3. The second kappa shape index (κ2) is 5.62. The van der Waals surface area contributed by atoms with Crippen LogP contribution in [0.25, 0.3) is 0 Å². The van der Waals surface area contributed by atoms with Gasteiger partial charge < -0.3 is 11.1 Å². The van der Waals surface area contributed by atoms with E-state index in [0.717, 1.165) is 16.6 Å². The van der Waals surface area contributed by atoms with Crippen LogP contribution in [-0.2, 0) is 13.1 Å². The minimum atomic E-state index is -0.358. The van der Waals surface area contributed by atoms with Gasteiger partial charge in [-0.1, -0.05) is 6.07 Å². The highest BCUT2D eigenvalue weighted by Gasteiger charge is 2.01. The van der Waals surface area contributed by atoms with E-state index in [2.05, 4.69) is 27.3 Å². The highest BCUT2D eigenvalue weighted by Crippen LogP contribution is 2.19. The third-order valence-corrected chi connectivity index (χ3v) is 4.01. The summed E-state index contributed by atoms with van der Waals surface area (Å²) in [7, 11) is 0. The maximum atomic E-state index is 13.2. The summed E-state index contributed by atoms with van der Waals surface area (Å²) in [5.41, 5.74) is 6.50. The highest BCUT2D eigenvalue weighted by atomic mass is 79.9. The van der Waals surface area contributed by atoms with E-state index in [-0.39, 0.29) is 11.5 Å². The number of hydrogen-bond donors (Lipinski definition) is 2. The number of thiophene rings is 1. The third-order valence-electron chi connectivity index (χ3n) is 2.31. The molecular formula is C12H12BrFN2S. The van der Waals surface area contributed by atoms with Crippen molar-refractivity contribution in [3.8, 4) is 0 Å². The maximum absolute atomic E-state index is 13.2. The van der Waals surface area contributed by atoms with E-state index in [9.17, 15) is 4.39 Å². The molecule has 0 radical (unpaired) electrons. The van der Waals surface area contributed by atoms with Gasteiger partial charge in [0.25, 0.3) is 0 Å². The SMILES string of the molecule is Nc1ccc(CNCc2cc(Br)cs2)cc1F. The van der Waals surface area contributed by atoms with Crippen LogP contribution in [0.1, 0.15) is 10.4 Å². The van der Waals surface area contributed by atoms with E-state index in [1.54, 1.807) is 17.4 Å². The lowest BCUT2D eigenvalue weighted by Crippen LogP contribution is -2.12. The van der Waals surface area contributed by atoms with Crippen LogP contribution >= 0.6 is 27.3 Å². The Morgan fingerprint density at radius 1 is 1.29 bits per heavy atom. The average molecular weight is 315 g/mol. The zero-order valence-electron chi connectivity index (χ0n) is 9.04. The molecule has 1 aromatic heterocycles. The molecule has 2 rings (SSSR count). The van der Waals surface area contributed by atoms with Gasteiger partial charge in [0.1, 0.15) is 5.82 Å². The number of nitrogen functional groups attached to an aromatic ring is 1. The van der Waals surface area contributed by atoms with Crippen molar-refractivity contribution in [3.05, 3.63) is 50.4 Å². The van der Waals surface area contributed by atoms with E-state index in [4.69, 9.17) is 5.73 Å². The molecule has 0 atom stereocenters. The Labute approximate surface area is 112 Å². The molecule has 90 valence electrons. The van der Waals surface area contributed by atoms with E-state index in [0.29, 0.717) is 6.54 Å². The first-order chi connectivity index (χ1) is 8.15. The Morgan fingerprint density at radius 3 is 2.76 bits per heavy atom. The van der Waals surface area contributed by atoms with Gasteiger partial charge in [0, 0.05) is 27.8 Å². The second-order valence-corrected chi connectivity index (χ2v) is 5.60. The fourth-order valence-electron chi connectivity index (χ4n) is 1.46. The first-order valence-electron chi connectivity index (χ1n) is 5.12. The van der Waals surface area contributed by atoms with Crippen LogP contribution in [0.5, 0.6) is 0 Å². The molecule has 2 nitrogen and oxygen atoms in total. The van der Waals surface area contributed by atoms with Gasteiger partial charge in [0.2, 0.25) is 0 Å². The van der Waals surface area contributed by atoms with E-state index in [1.807, 2.05) is 11.4 Å². The standard InChI is InChI=1S/C12H12BrFN2S/c13-9-4-10(17-7-9)6-16-5-8-1-2-12(15)11(14)3-8/h1-4,7,16H,5-6,15H2. The van der Waals surface area contributed by atoms with E-state index in [1.165, 1.54) is 10.9 Å². The van der Waals surface area contributed by atoms with Gasteiger partial charge in [-0.3, -0.25) is 0 Å². The lowest BCUT2D eigenvalue weighted by molar-refractivity contribution is 0.625. The third kappa shape index (κ3) is 3.52. The normalized spacial score (nSPS) is 10.7. The number of nitrogens with two attached hydrogens (primary N) is 1. The number of nitrogens with one attached hydrogen (secondary N) is 1. The molecule has 1 heterocycles. The van der Waals surface area contributed by atoms with Gasteiger partial charge >= 0.3 is 0 Å². The summed E-state index contributed by atoms with van der Waals surface area (Å²) in [6, 6.07) is 6.96. The molecule has 2 aromatic rings. The molecule has 0 aliphatic carbocycles. The predicted octanol–water partition coefficient (Wildman–Crippen LogP) is 3.52. The number of anilines is 1. The molecular weight excluding hydrogens is 303 g/mol. The summed E-state index contributed by atoms with van der Waals surface area (Å²) >= 11 is 5.09. The van der Waals surface area contributed by atoms with Crippen LogP contribution in [-0.4, -0.2) is 0 Å². The summed E-state index contributed by atoms with van der Waals surface area (Å²) in [6.07, 6.45) is 0. The summed E-state index contributed by atoms with van der Waals surface area (Å²) in [5.74, 6) is -0.358. The molecule has 0 aliphatic rings. The Bertz CT molecular complexity index is 513. The van der Waals surface area contributed by atoms with Crippen molar-refractivity contribution in [2.75, 3.05) is 5.73 Å². The van der Waals surface area contributed by atoms with Gasteiger partial charge in [-0.2, -0.15) is 0 Å². The molecule has 17 heavy (non-hydrogen) atoms. The molecule has 0 bridgehead atoms. The monoisotopic (exact) mass is 314 g/mol. The highest BCUT2D eigenvalue weighted by molar-refractivity contribution is 9.10. The van der Waals surface area contributed by atoms with Gasteiger partial charge in [-0.25, -0.2) is 4.39 Å². The Kier molecular flexibility index (Phi) is 4.15. The quantitative estimate of drug-likeness (QED) is 0.847. The smallest absolute Gasteiger partial charge is 0.146 e. The van der Waals surface area contributed by atoms with Crippen molar-refractivity contribution in [2.24, 2.45) is 0 Å². The Hall–Kier alpha value is -0.910. The van der Waals surface area contributed by atoms with Crippen LogP contribution in [0.15, 0.2) is 34.1 Å². The van der Waals surface area contributed by atoms with Crippen LogP contribution in [0.3, 0.4) is 0 Å². The van der Waals surface area contributed by atoms with Crippen LogP contribution in [0.2, 0.25) is 0 Å². The van der Waals surface area contributed by atoms with Crippen LogP contribution < -0.4 is 11.1 Å². The van der Waals surface area contributed by atoms with Crippen molar-refractivity contribution in [1.82, 2.24) is 5.32 Å². The predicted molar refractivity (Wildman–Crippen MR) is 73.4 cm³/mol. The zero-order valence-corrected chi connectivity index (χ0v) is 11.4. The molecule has 0 amide bonds.